The van der Waals surface area contributed by atoms with E-state index in [0.29, 0.717) is 17.2 Å². The molecule has 0 saturated heterocycles. The lowest BCUT2D eigenvalue weighted by atomic mass is 10.0. The molecule has 0 amide bonds. The van der Waals surface area contributed by atoms with E-state index in [1.807, 2.05) is 0 Å². The second-order valence-corrected chi connectivity index (χ2v) is 4.24. The van der Waals surface area contributed by atoms with E-state index in [1.54, 1.807) is 18.2 Å². The minimum atomic E-state index is -0.641. The van der Waals surface area contributed by atoms with Crippen LogP contribution in [0.4, 0.5) is 4.39 Å². The van der Waals surface area contributed by atoms with E-state index >= 15 is 0 Å². The summed E-state index contributed by atoms with van der Waals surface area (Å²) in [5.41, 5.74) is 0.224. The number of ketones is 1. The van der Waals surface area contributed by atoms with E-state index in [1.165, 1.54) is 39.5 Å². The molecule has 0 saturated carbocycles. The predicted octanol–water partition coefficient (Wildman–Crippen LogP) is 3.08. The molecule has 0 aliphatic carbocycles. The molecular weight excluding hydrogens is 275 g/mol. The lowest BCUT2D eigenvalue weighted by Crippen LogP contribution is -2.07. The van der Waals surface area contributed by atoms with Crippen molar-refractivity contribution in [1.29, 1.82) is 0 Å². The number of hydrogen-bond donors (Lipinski definition) is 0. The molecule has 21 heavy (non-hydrogen) atoms. The van der Waals surface area contributed by atoms with E-state index < -0.39 is 11.6 Å². The summed E-state index contributed by atoms with van der Waals surface area (Å²) in [4.78, 5) is 12.4. The standard InChI is InChI=1S/C16H15FO4/c1-19-10-4-6-12(14(17)8-10)16(18)13-7-5-11(20-2)9-15(13)21-3/h4-9H,1-3H3. The third-order valence-corrected chi connectivity index (χ3v) is 3.07. The van der Waals surface area contributed by atoms with Gasteiger partial charge in [0.2, 0.25) is 0 Å². The van der Waals surface area contributed by atoms with Gasteiger partial charge in [-0.1, -0.05) is 0 Å². The van der Waals surface area contributed by atoms with E-state index in [4.69, 9.17) is 14.2 Å². The Morgan fingerprint density at radius 3 is 1.95 bits per heavy atom. The van der Waals surface area contributed by atoms with Crippen LogP contribution < -0.4 is 14.2 Å². The lowest BCUT2D eigenvalue weighted by Gasteiger charge is -2.10. The fourth-order valence-electron chi connectivity index (χ4n) is 1.94. The van der Waals surface area contributed by atoms with Crippen LogP contribution in [0.25, 0.3) is 0 Å². The number of benzene rings is 2. The maximum Gasteiger partial charge on any atom is 0.199 e. The Morgan fingerprint density at radius 1 is 0.857 bits per heavy atom. The van der Waals surface area contributed by atoms with E-state index in [9.17, 15) is 9.18 Å². The summed E-state index contributed by atoms with van der Waals surface area (Å²) in [5, 5.41) is 0. The number of ether oxygens (including phenoxy) is 3. The highest BCUT2D eigenvalue weighted by Crippen LogP contribution is 2.28. The zero-order valence-electron chi connectivity index (χ0n) is 12.0. The van der Waals surface area contributed by atoms with Crippen LogP contribution in [-0.2, 0) is 0 Å². The fraction of sp³-hybridized carbons (Fsp3) is 0.188. The summed E-state index contributed by atoms with van der Waals surface area (Å²) < 4.78 is 29.1. The molecule has 2 rings (SSSR count). The van der Waals surface area contributed by atoms with Crippen LogP contribution in [0.2, 0.25) is 0 Å². The first-order chi connectivity index (χ1) is 10.1. The zero-order chi connectivity index (χ0) is 15.4. The van der Waals surface area contributed by atoms with Gasteiger partial charge in [0.15, 0.2) is 5.78 Å². The largest absolute Gasteiger partial charge is 0.497 e. The highest BCUT2D eigenvalue weighted by molar-refractivity contribution is 6.11. The SMILES string of the molecule is COc1ccc(C(=O)c2ccc(OC)cc2OC)c(F)c1. The van der Waals surface area contributed by atoms with Crippen molar-refractivity contribution in [1.82, 2.24) is 0 Å². The molecule has 0 atom stereocenters. The molecule has 0 fully saturated rings. The van der Waals surface area contributed by atoms with Gasteiger partial charge in [-0.15, -0.1) is 0 Å². The predicted molar refractivity (Wildman–Crippen MR) is 75.9 cm³/mol. The van der Waals surface area contributed by atoms with Crippen molar-refractivity contribution >= 4 is 5.78 Å². The molecule has 0 aliphatic rings. The minimum absolute atomic E-state index is 0.0423. The number of carbonyl (C=O) groups excluding carboxylic acids is 1. The van der Waals surface area contributed by atoms with Crippen LogP contribution in [0.5, 0.6) is 17.2 Å². The molecule has 0 radical (unpaired) electrons. The topological polar surface area (TPSA) is 44.8 Å². The van der Waals surface area contributed by atoms with Crippen LogP contribution in [0.3, 0.4) is 0 Å². The number of hydrogen-bond acceptors (Lipinski definition) is 4. The van der Waals surface area contributed by atoms with Crippen molar-refractivity contribution in [3.8, 4) is 17.2 Å². The molecule has 0 aliphatic heterocycles. The molecule has 2 aromatic carbocycles. The van der Waals surface area contributed by atoms with Crippen LogP contribution >= 0.6 is 0 Å². The third-order valence-electron chi connectivity index (χ3n) is 3.07. The van der Waals surface area contributed by atoms with Gasteiger partial charge in [0, 0.05) is 12.1 Å². The van der Waals surface area contributed by atoms with Crippen LogP contribution in [0, 0.1) is 5.82 Å². The number of rotatable bonds is 5. The zero-order valence-corrected chi connectivity index (χ0v) is 12.0. The van der Waals surface area contributed by atoms with Crippen LogP contribution in [0.15, 0.2) is 36.4 Å². The summed E-state index contributed by atoms with van der Waals surface area (Å²) >= 11 is 0. The first-order valence-corrected chi connectivity index (χ1v) is 6.21. The van der Waals surface area contributed by atoms with Gasteiger partial charge < -0.3 is 14.2 Å². The summed E-state index contributed by atoms with van der Waals surface area (Å²) in [6.45, 7) is 0. The lowest BCUT2D eigenvalue weighted by molar-refractivity contribution is 0.103. The maximum absolute atomic E-state index is 14.0. The Labute approximate surface area is 122 Å². The number of carbonyl (C=O) groups is 1. The number of methoxy groups -OCH3 is 3. The molecule has 0 unspecified atom stereocenters. The third kappa shape index (κ3) is 2.97. The van der Waals surface area contributed by atoms with E-state index in [2.05, 4.69) is 0 Å². The minimum Gasteiger partial charge on any atom is -0.497 e. The second kappa shape index (κ2) is 6.26. The molecule has 0 heterocycles. The summed E-state index contributed by atoms with van der Waals surface area (Å²) in [5.74, 6) is 0.130. The van der Waals surface area contributed by atoms with Crippen molar-refractivity contribution in [2.45, 2.75) is 0 Å². The highest BCUT2D eigenvalue weighted by atomic mass is 19.1. The molecule has 4 nitrogen and oxygen atoms in total. The molecule has 2 aromatic rings. The van der Waals surface area contributed by atoms with Gasteiger partial charge in [0.1, 0.15) is 23.1 Å². The van der Waals surface area contributed by atoms with Gasteiger partial charge in [0.25, 0.3) is 0 Å². The van der Waals surface area contributed by atoms with Gasteiger partial charge in [0.05, 0.1) is 32.5 Å². The van der Waals surface area contributed by atoms with Gasteiger partial charge in [-0.2, -0.15) is 0 Å². The van der Waals surface area contributed by atoms with Crippen molar-refractivity contribution in [2.24, 2.45) is 0 Å². The molecule has 0 bridgehead atoms. The van der Waals surface area contributed by atoms with Gasteiger partial charge in [-0.3, -0.25) is 4.79 Å². The van der Waals surface area contributed by atoms with E-state index in [-0.39, 0.29) is 11.1 Å². The Bertz CT molecular complexity index is 667. The average molecular weight is 290 g/mol. The Hall–Kier alpha value is -2.56. The summed E-state index contributed by atoms with van der Waals surface area (Å²) in [6.07, 6.45) is 0. The molecule has 110 valence electrons. The monoisotopic (exact) mass is 290 g/mol. The fourth-order valence-corrected chi connectivity index (χ4v) is 1.94. The normalized spacial score (nSPS) is 10.1. The highest BCUT2D eigenvalue weighted by Gasteiger charge is 2.19. The van der Waals surface area contributed by atoms with Crippen LogP contribution in [0.1, 0.15) is 15.9 Å². The summed E-state index contributed by atoms with van der Waals surface area (Å²) in [7, 11) is 4.39. The molecule has 0 aromatic heterocycles. The van der Waals surface area contributed by atoms with Gasteiger partial charge >= 0.3 is 0 Å². The Kier molecular flexibility index (Phi) is 4.42. The van der Waals surface area contributed by atoms with Crippen molar-refractivity contribution in [2.75, 3.05) is 21.3 Å². The number of halogens is 1. The first kappa shape index (κ1) is 14.8. The molecular formula is C16H15FO4. The maximum atomic E-state index is 14.0. The smallest absolute Gasteiger partial charge is 0.199 e. The Morgan fingerprint density at radius 2 is 1.43 bits per heavy atom. The van der Waals surface area contributed by atoms with Gasteiger partial charge in [-0.05, 0) is 24.3 Å². The first-order valence-electron chi connectivity index (χ1n) is 6.21. The quantitative estimate of drug-likeness (QED) is 0.794. The molecule has 5 heteroatoms. The summed E-state index contributed by atoms with van der Waals surface area (Å²) in [6, 6.07) is 8.84. The van der Waals surface area contributed by atoms with E-state index in [0.717, 1.165) is 0 Å². The molecule has 0 N–H and O–H groups in total. The average Bonchev–Trinajstić information content (AvgIpc) is 2.53. The second-order valence-electron chi connectivity index (χ2n) is 4.24. The van der Waals surface area contributed by atoms with Crippen molar-refractivity contribution in [3.63, 3.8) is 0 Å². The Balaban J connectivity index is 2.44. The van der Waals surface area contributed by atoms with Crippen molar-refractivity contribution in [3.05, 3.63) is 53.3 Å². The van der Waals surface area contributed by atoms with Gasteiger partial charge in [-0.25, -0.2) is 4.39 Å². The molecule has 0 spiro atoms. The van der Waals surface area contributed by atoms with Crippen molar-refractivity contribution < 1.29 is 23.4 Å². The van der Waals surface area contributed by atoms with Crippen LogP contribution in [-0.4, -0.2) is 27.1 Å².